The summed E-state index contributed by atoms with van der Waals surface area (Å²) in [6, 6.07) is 0. The number of rotatable bonds is 27. The third kappa shape index (κ3) is 19.9. The lowest BCUT2D eigenvalue weighted by atomic mass is 10.2. The van der Waals surface area contributed by atoms with Crippen LogP contribution in [0.3, 0.4) is 0 Å². The van der Waals surface area contributed by atoms with E-state index in [9.17, 15) is 28.8 Å². The predicted octanol–water partition coefficient (Wildman–Crippen LogP) is 5.34. The normalized spacial score (nSPS) is 13.5. The maximum Gasteiger partial charge on any atom is 0.333 e. The van der Waals surface area contributed by atoms with Crippen LogP contribution in [0.4, 0.5) is 17.8 Å². The third-order valence-corrected chi connectivity index (χ3v) is 8.25. The molecule has 6 atom stereocenters. The molecule has 0 bridgehead atoms. The van der Waals surface area contributed by atoms with Crippen molar-refractivity contribution in [3.8, 4) is 0 Å². The van der Waals surface area contributed by atoms with Gasteiger partial charge in [-0.15, -0.1) is 0 Å². The van der Waals surface area contributed by atoms with Crippen LogP contribution in [0.15, 0.2) is 72.9 Å². The van der Waals surface area contributed by atoms with Gasteiger partial charge in [0.05, 0.1) is 39.3 Å². The lowest BCUT2D eigenvalue weighted by molar-refractivity contribution is -0.144. The standard InChI is InChI=1S/C45H66N6O12/c1-25(2)37(52)58-31(13)19-49(20-32(14)59-38(53)26(3)4)43-46-44(50(21-33(15)60-39(54)27(5)6)22-34(16)61-40(55)28(7)8)48-45(47-43)51(23-35(17)62-41(56)29(9)10)24-36(18)63-42(57)30(11)12/h31-36H,1,3,5,7,9,11,19-24H2,2,4,6,8,10,12-18H3. The Kier molecular flexibility index (Phi) is 22.2. The maximum absolute atomic E-state index is 12.6. The molecule has 0 N–H and O–H groups in total. The van der Waals surface area contributed by atoms with Gasteiger partial charge in [0.15, 0.2) is 0 Å². The van der Waals surface area contributed by atoms with E-state index in [1.165, 1.54) is 41.5 Å². The molecule has 0 aliphatic carbocycles. The summed E-state index contributed by atoms with van der Waals surface area (Å²) in [5.74, 6) is -3.93. The number of ether oxygens (including phenoxy) is 6. The Bertz CT molecular complexity index is 1590. The number of hydrogen-bond donors (Lipinski definition) is 0. The number of hydrogen-bond acceptors (Lipinski definition) is 18. The van der Waals surface area contributed by atoms with E-state index >= 15 is 0 Å². The van der Waals surface area contributed by atoms with Crippen LogP contribution >= 0.6 is 0 Å². The van der Waals surface area contributed by atoms with Gasteiger partial charge in [0.2, 0.25) is 17.8 Å². The Balaban J connectivity index is 4.32. The van der Waals surface area contributed by atoms with Crippen molar-refractivity contribution < 1.29 is 57.2 Å². The smallest absolute Gasteiger partial charge is 0.333 e. The largest absolute Gasteiger partial charge is 0.457 e. The molecule has 0 radical (unpaired) electrons. The number of aromatic nitrogens is 3. The van der Waals surface area contributed by atoms with E-state index in [0.29, 0.717) is 0 Å². The molecule has 0 aliphatic heterocycles. The molecule has 0 amide bonds. The van der Waals surface area contributed by atoms with Gasteiger partial charge in [-0.3, -0.25) is 0 Å². The lowest BCUT2D eigenvalue weighted by Crippen LogP contribution is -2.44. The van der Waals surface area contributed by atoms with Crippen molar-refractivity contribution in [2.75, 3.05) is 54.0 Å². The minimum atomic E-state index is -0.805. The summed E-state index contributed by atoms with van der Waals surface area (Å²) in [7, 11) is 0. The average molecular weight is 883 g/mol. The number of carbonyl (C=O) groups excluding carboxylic acids is 6. The van der Waals surface area contributed by atoms with Gasteiger partial charge < -0.3 is 43.1 Å². The molecule has 1 rings (SSSR count). The molecule has 63 heavy (non-hydrogen) atoms. The van der Waals surface area contributed by atoms with Crippen molar-refractivity contribution >= 4 is 53.7 Å². The molecular formula is C45H66N6O12. The molecule has 1 aromatic rings. The second-order valence-corrected chi connectivity index (χ2v) is 15.9. The van der Waals surface area contributed by atoms with Gasteiger partial charge in [-0.25, -0.2) is 28.8 Å². The van der Waals surface area contributed by atoms with Crippen LogP contribution in [0, 0.1) is 0 Å². The summed E-state index contributed by atoms with van der Waals surface area (Å²) < 4.78 is 33.8. The molecule has 0 fully saturated rings. The van der Waals surface area contributed by atoms with E-state index in [0.717, 1.165) is 0 Å². The molecule has 348 valence electrons. The first-order chi connectivity index (χ1) is 29.1. The van der Waals surface area contributed by atoms with Crippen LogP contribution in [-0.4, -0.2) is 127 Å². The molecule has 1 aromatic heterocycles. The van der Waals surface area contributed by atoms with E-state index in [1.54, 1.807) is 56.2 Å². The van der Waals surface area contributed by atoms with E-state index in [1.807, 2.05) is 0 Å². The second-order valence-electron chi connectivity index (χ2n) is 15.9. The predicted molar refractivity (Wildman–Crippen MR) is 239 cm³/mol. The van der Waals surface area contributed by atoms with Crippen molar-refractivity contribution in [2.45, 2.75) is 120 Å². The van der Waals surface area contributed by atoms with Gasteiger partial charge in [-0.05, 0) is 83.1 Å². The molecule has 0 aromatic carbocycles. The summed E-state index contributed by atoms with van der Waals surface area (Å²) >= 11 is 0. The van der Waals surface area contributed by atoms with Gasteiger partial charge in [0, 0.05) is 33.4 Å². The van der Waals surface area contributed by atoms with Crippen LogP contribution in [-0.2, 0) is 57.2 Å². The summed E-state index contributed by atoms with van der Waals surface area (Å²) in [5, 5.41) is 0. The van der Waals surface area contributed by atoms with E-state index in [2.05, 4.69) is 39.5 Å². The molecule has 0 spiro atoms. The zero-order valence-electron chi connectivity index (χ0n) is 39.0. The van der Waals surface area contributed by atoms with E-state index in [-0.39, 0.29) is 90.6 Å². The zero-order chi connectivity index (χ0) is 48.5. The molecule has 1 heterocycles. The first-order valence-electron chi connectivity index (χ1n) is 20.3. The van der Waals surface area contributed by atoms with Crippen molar-refractivity contribution in [1.82, 2.24) is 15.0 Å². The molecule has 6 unspecified atom stereocenters. The Morgan fingerprint density at radius 1 is 0.349 bits per heavy atom. The third-order valence-electron chi connectivity index (χ3n) is 8.25. The topological polar surface area (TPSA) is 206 Å². The zero-order valence-corrected chi connectivity index (χ0v) is 39.0. The summed E-state index contributed by atoms with van der Waals surface area (Å²) in [5.41, 5.74) is 0.995. The van der Waals surface area contributed by atoms with Crippen LogP contribution in [0.5, 0.6) is 0 Å². The van der Waals surface area contributed by atoms with Crippen LogP contribution in [0.2, 0.25) is 0 Å². The molecule has 0 saturated carbocycles. The average Bonchev–Trinajstić information content (AvgIpc) is 3.16. The summed E-state index contributed by atoms with van der Waals surface area (Å²) in [6.45, 7) is 40.6. The molecular weight excluding hydrogens is 817 g/mol. The van der Waals surface area contributed by atoms with Crippen LogP contribution < -0.4 is 14.7 Å². The molecule has 0 saturated heterocycles. The first-order valence-corrected chi connectivity index (χ1v) is 20.3. The fourth-order valence-electron chi connectivity index (χ4n) is 5.27. The molecule has 18 nitrogen and oxygen atoms in total. The maximum atomic E-state index is 12.6. The van der Waals surface area contributed by atoms with Gasteiger partial charge >= 0.3 is 35.8 Å². The van der Waals surface area contributed by atoms with Gasteiger partial charge in [0.1, 0.15) is 36.6 Å². The van der Waals surface area contributed by atoms with Crippen molar-refractivity contribution in [3.63, 3.8) is 0 Å². The van der Waals surface area contributed by atoms with Crippen molar-refractivity contribution in [2.24, 2.45) is 0 Å². The van der Waals surface area contributed by atoms with Gasteiger partial charge in [-0.2, -0.15) is 15.0 Å². The van der Waals surface area contributed by atoms with Crippen LogP contribution in [0.25, 0.3) is 0 Å². The Morgan fingerprint density at radius 3 is 0.587 bits per heavy atom. The highest BCUT2D eigenvalue weighted by Gasteiger charge is 2.29. The van der Waals surface area contributed by atoms with E-state index < -0.39 is 72.4 Å². The van der Waals surface area contributed by atoms with Crippen molar-refractivity contribution in [3.05, 3.63) is 72.9 Å². The second kappa shape index (κ2) is 25.6. The number of anilines is 3. The monoisotopic (exact) mass is 882 g/mol. The van der Waals surface area contributed by atoms with Crippen molar-refractivity contribution in [1.29, 1.82) is 0 Å². The molecule has 0 aliphatic rings. The van der Waals surface area contributed by atoms with Gasteiger partial charge in [-0.1, -0.05) is 39.5 Å². The minimum absolute atomic E-state index is 0.0159. The minimum Gasteiger partial charge on any atom is -0.457 e. The lowest BCUT2D eigenvalue weighted by Gasteiger charge is -2.33. The number of nitrogens with zero attached hydrogens (tertiary/aromatic N) is 6. The quantitative estimate of drug-likeness (QED) is 0.0621. The Morgan fingerprint density at radius 2 is 0.476 bits per heavy atom. The summed E-state index contributed by atoms with van der Waals surface area (Å²) in [6.07, 6.45) is -4.83. The SMILES string of the molecule is C=C(C)C(=O)OC(C)CN(CC(C)OC(=O)C(=C)C)c1nc(N(CC(C)OC(=O)C(=C)C)CC(C)OC(=O)C(=C)C)nc(N(CC(C)OC(=O)C(=C)C)CC(C)OC(=O)C(=C)C)n1. The highest BCUT2D eigenvalue weighted by molar-refractivity contribution is 5.89. The molecule has 18 heteroatoms. The van der Waals surface area contributed by atoms with Crippen LogP contribution in [0.1, 0.15) is 83.1 Å². The van der Waals surface area contributed by atoms with E-state index in [4.69, 9.17) is 43.4 Å². The fraction of sp³-hybridized carbons (Fsp3) is 0.533. The first kappa shape index (κ1) is 54.7. The fourth-order valence-corrected chi connectivity index (χ4v) is 5.27. The highest BCUT2D eigenvalue weighted by atomic mass is 16.6. The van der Waals surface area contributed by atoms with Gasteiger partial charge in [0.25, 0.3) is 0 Å². The number of carbonyl (C=O) groups is 6. The number of esters is 6. The Labute approximate surface area is 371 Å². The highest BCUT2D eigenvalue weighted by Crippen LogP contribution is 2.24. The Hall–Kier alpha value is -6.33. The summed E-state index contributed by atoms with van der Waals surface area (Å²) in [4.78, 5) is 95.3.